The molecule has 0 bridgehead atoms. The number of H-pyrrole nitrogens is 1. The summed E-state index contributed by atoms with van der Waals surface area (Å²) < 4.78 is 45.3. The van der Waals surface area contributed by atoms with Gasteiger partial charge in [0, 0.05) is 5.69 Å². The summed E-state index contributed by atoms with van der Waals surface area (Å²) in [6.07, 6.45) is -4.73. The van der Waals surface area contributed by atoms with Crippen molar-refractivity contribution in [3.05, 3.63) is 72.3 Å². The fourth-order valence-corrected chi connectivity index (χ4v) is 3.04. The van der Waals surface area contributed by atoms with E-state index in [1.807, 2.05) is 30.3 Å². The van der Waals surface area contributed by atoms with Crippen LogP contribution in [0, 0.1) is 0 Å². The Labute approximate surface area is 174 Å². The van der Waals surface area contributed by atoms with Crippen molar-refractivity contribution in [1.29, 1.82) is 0 Å². The van der Waals surface area contributed by atoms with Gasteiger partial charge >= 0.3 is 12.3 Å². The second kappa shape index (κ2) is 8.02. The number of hydrogen-bond acceptors (Lipinski definition) is 5. The molecule has 2 N–H and O–H groups in total. The molecule has 0 spiro atoms. The van der Waals surface area contributed by atoms with E-state index in [0.717, 1.165) is 22.2 Å². The van der Waals surface area contributed by atoms with Crippen molar-refractivity contribution in [3.63, 3.8) is 0 Å². The van der Waals surface area contributed by atoms with Crippen molar-refractivity contribution in [1.82, 2.24) is 9.97 Å². The number of benzene rings is 3. The zero-order chi connectivity index (χ0) is 22.0. The second-order valence-corrected chi connectivity index (χ2v) is 6.58. The molecule has 0 fully saturated rings. The summed E-state index contributed by atoms with van der Waals surface area (Å²) >= 11 is 0. The first-order chi connectivity index (χ1) is 14.8. The average molecular weight is 427 g/mol. The molecule has 0 radical (unpaired) electrons. The van der Waals surface area contributed by atoms with E-state index in [1.54, 1.807) is 12.1 Å². The van der Waals surface area contributed by atoms with Gasteiger partial charge in [0.25, 0.3) is 0 Å². The van der Waals surface area contributed by atoms with Gasteiger partial charge in [-0.25, -0.2) is 9.78 Å². The number of nitrogens with one attached hydrogen (secondary N) is 2. The smallest absolute Gasteiger partial charge is 0.465 e. The summed E-state index contributed by atoms with van der Waals surface area (Å²) in [5.74, 6) is -0.257. The first kappa shape index (κ1) is 20.3. The van der Waals surface area contributed by atoms with Gasteiger partial charge in [-0.3, -0.25) is 0 Å². The van der Waals surface area contributed by atoms with Crippen LogP contribution in [0.25, 0.3) is 22.2 Å². The molecule has 0 aliphatic rings. The van der Waals surface area contributed by atoms with Crippen molar-refractivity contribution in [2.45, 2.75) is 6.36 Å². The SMILES string of the molecule is COC(=O)c1ccc(-c2ccc3nc(Nc4ccc(OC(F)(F)F)cc4)[nH]c3c2)cc1. The second-order valence-electron chi connectivity index (χ2n) is 6.58. The largest absolute Gasteiger partial charge is 0.573 e. The third kappa shape index (κ3) is 4.77. The lowest BCUT2D eigenvalue weighted by Crippen LogP contribution is -2.16. The fourth-order valence-electron chi connectivity index (χ4n) is 3.04. The van der Waals surface area contributed by atoms with Gasteiger partial charge in [0.2, 0.25) is 5.95 Å². The molecule has 0 aliphatic carbocycles. The standard InChI is InChI=1S/C22H16F3N3O3/c1-30-20(29)14-4-2-13(3-5-14)15-6-11-18-19(12-15)28-21(27-18)26-16-7-9-17(10-8-16)31-22(23,24)25/h2-12H,1H3,(H2,26,27,28). The normalized spacial score (nSPS) is 11.4. The summed E-state index contributed by atoms with van der Waals surface area (Å²) in [7, 11) is 1.33. The van der Waals surface area contributed by atoms with Crippen LogP contribution in [-0.2, 0) is 4.74 Å². The van der Waals surface area contributed by atoms with Gasteiger partial charge in [0.15, 0.2) is 0 Å². The molecule has 0 saturated heterocycles. The molecular weight excluding hydrogens is 411 g/mol. The number of aromatic amines is 1. The van der Waals surface area contributed by atoms with Crippen molar-refractivity contribution in [3.8, 4) is 16.9 Å². The monoisotopic (exact) mass is 427 g/mol. The highest BCUT2D eigenvalue weighted by molar-refractivity contribution is 5.90. The van der Waals surface area contributed by atoms with E-state index in [2.05, 4.69) is 20.0 Å². The van der Waals surface area contributed by atoms with E-state index >= 15 is 0 Å². The van der Waals surface area contributed by atoms with E-state index in [4.69, 9.17) is 4.74 Å². The predicted molar refractivity (Wildman–Crippen MR) is 109 cm³/mol. The minimum Gasteiger partial charge on any atom is -0.465 e. The Bertz CT molecular complexity index is 1220. The van der Waals surface area contributed by atoms with Gasteiger partial charge in [0.05, 0.1) is 23.7 Å². The van der Waals surface area contributed by atoms with Gasteiger partial charge in [-0.2, -0.15) is 0 Å². The molecule has 4 rings (SSSR count). The lowest BCUT2D eigenvalue weighted by atomic mass is 10.0. The van der Waals surface area contributed by atoms with E-state index < -0.39 is 12.3 Å². The lowest BCUT2D eigenvalue weighted by Gasteiger charge is -2.09. The molecule has 0 unspecified atom stereocenters. The molecule has 4 aromatic rings. The zero-order valence-electron chi connectivity index (χ0n) is 16.2. The highest BCUT2D eigenvalue weighted by atomic mass is 19.4. The van der Waals surface area contributed by atoms with Gasteiger partial charge in [-0.1, -0.05) is 18.2 Å². The van der Waals surface area contributed by atoms with Crippen LogP contribution < -0.4 is 10.1 Å². The number of esters is 1. The third-order valence-electron chi connectivity index (χ3n) is 4.47. The van der Waals surface area contributed by atoms with Crippen molar-refractivity contribution in [2.75, 3.05) is 12.4 Å². The Hall–Kier alpha value is -4.01. The lowest BCUT2D eigenvalue weighted by molar-refractivity contribution is -0.274. The number of carbonyl (C=O) groups excluding carboxylic acids is 1. The van der Waals surface area contributed by atoms with Crippen LogP contribution in [0.5, 0.6) is 5.75 Å². The van der Waals surface area contributed by atoms with E-state index in [0.29, 0.717) is 17.2 Å². The summed E-state index contributed by atoms with van der Waals surface area (Å²) in [5, 5.41) is 3.01. The van der Waals surface area contributed by atoms with Crippen LogP contribution in [0.4, 0.5) is 24.8 Å². The van der Waals surface area contributed by atoms with Gasteiger partial charge in [-0.15, -0.1) is 13.2 Å². The van der Waals surface area contributed by atoms with Crippen LogP contribution in [0.2, 0.25) is 0 Å². The average Bonchev–Trinajstić information content (AvgIpc) is 3.15. The maximum atomic E-state index is 12.3. The van der Waals surface area contributed by atoms with Crippen molar-refractivity contribution >= 4 is 28.6 Å². The van der Waals surface area contributed by atoms with Crippen LogP contribution in [0.15, 0.2) is 66.7 Å². The fraction of sp³-hybridized carbons (Fsp3) is 0.0909. The Balaban J connectivity index is 1.52. The number of ether oxygens (including phenoxy) is 2. The molecule has 0 atom stereocenters. The van der Waals surface area contributed by atoms with Gasteiger partial charge in [-0.05, 0) is 59.7 Å². The Morgan fingerprint density at radius 3 is 2.29 bits per heavy atom. The maximum Gasteiger partial charge on any atom is 0.573 e. The molecule has 1 heterocycles. The molecular formula is C22H16F3N3O3. The number of anilines is 2. The van der Waals surface area contributed by atoms with Crippen LogP contribution in [0.1, 0.15) is 10.4 Å². The first-order valence-corrected chi connectivity index (χ1v) is 9.12. The highest BCUT2D eigenvalue weighted by Crippen LogP contribution is 2.27. The highest BCUT2D eigenvalue weighted by Gasteiger charge is 2.30. The van der Waals surface area contributed by atoms with Gasteiger partial charge in [0.1, 0.15) is 5.75 Å². The number of halogens is 3. The number of methoxy groups -OCH3 is 1. The number of alkyl halides is 3. The Morgan fingerprint density at radius 1 is 0.968 bits per heavy atom. The predicted octanol–water partition coefficient (Wildman–Crippen LogP) is 5.66. The number of fused-ring (bicyclic) bond motifs is 1. The van der Waals surface area contributed by atoms with E-state index in [-0.39, 0.29) is 5.75 Å². The molecule has 31 heavy (non-hydrogen) atoms. The van der Waals surface area contributed by atoms with Crippen molar-refractivity contribution < 1.29 is 27.4 Å². The number of aromatic nitrogens is 2. The molecule has 9 heteroatoms. The van der Waals surface area contributed by atoms with E-state index in [9.17, 15) is 18.0 Å². The summed E-state index contributed by atoms with van der Waals surface area (Å²) in [6, 6.07) is 18.1. The molecule has 1 aromatic heterocycles. The van der Waals surface area contributed by atoms with Crippen molar-refractivity contribution in [2.24, 2.45) is 0 Å². The molecule has 0 amide bonds. The maximum absolute atomic E-state index is 12.3. The van der Waals surface area contributed by atoms with Crippen LogP contribution in [0.3, 0.4) is 0 Å². The topological polar surface area (TPSA) is 76.2 Å². The Morgan fingerprint density at radius 2 is 1.65 bits per heavy atom. The number of nitrogens with zero attached hydrogens (tertiary/aromatic N) is 1. The molecule has 0 saturated carbocycles. The summed E-state index contributed by atoms with van der Waals surface area (Å²) in [6.45, 7) is 0. The minimum absolute atomic E-state index is 0.300. The molecule has 3 aromatic carbocycles. The molecule has 6 nitrogen and oxygen atoms in total. The number of carbonyl (C=O) groups is 1. The molecule has 0 aliphatic heterocycles. The zero-order valence-corrected chi connectivity index (χ0v) is 16.2. The first-order valence-electron chi connectivity index (χ1n) is 9.12. The third-order valence-corrected chi connectivity index (χ3v) is 4.47. The number of imidazole rings is 1. The number of rotatable bonds is 5. The quantitative estimate of drug-likeness (QED) is 0.402. The van der Waals surface area contributed by atoms with Crippen LogP contribution >= 0.6 is 0 Å². The summed E-state index contributed by atoms with van der Waals surface area (Å²) in [5.41, 5.74) is 4.34. The van der Waals surface area contributed by atoms with E-state index in [1.165, 1.54) is 31.4 Å². The minimum atomic E-state index is -4.73. The Kier molecular flexibility index (Phi) is 5.24. The van der Waals surface area contributed by atoms with Crippen LogP contribution in [-0.4, -0.2) is 29.4 Å². The number of hydrogen-bond donors (Lipinski definition) is 2. The molecule has 158 valence electrons. The summed E-state index contributed by atoms with van der Waals surface area (Å²) in [4.78, 5) is 19.1. The van der Waals surface area contributed by atoms with Gasteiger partial charge < -0.3 is 19.8 Å².